The van der Waals surface area contributed by atoms with Gasteiger partial charge in [0.1, 0.15) is 12.3 Å². The zero-order valence-corrected chi connectivity index (χ0v) is 8.41. The van der Waals surface area contributed by atoms with Gasteiger partial charge in [-0.1, -0.05) is 0 Å². The number of carboxylic acid groups (broad SMARTS) is 1. The number of rotatable bonds is 4. The zero-order valence-electron chi connectivity index (χ0n) is 8.41. The molecule has 0 aliphatic rings. The van der Waals surface area contributed by atoms with Crippen LogP contribution in [0.4, 0.5) is 8.78 Å². The minimum absolute atomic E-state index is 0. The molecule has 0 saturated heterocycles. The quantitative estimate of drug-likeness (QED) is 0.489. The molecule has 1 rings (SSSR count). The second-order valence-electron chi connectivity index (χ2n) is 2.91. The van der Waals surface area contributed by atoms with Crippen LogP contribution in [-0.4, -0.2) is 26.7 Å². The van der Waals surface area contributed by atoms with Crippen LogP contribution in [0.5, 0.6) is 0 Å². The van der Waals surface area contributed by atoms with E-state index in [9.17, 15) is 18.7 Å². The van der Waals surface area contributed by atoms with Crippen molar-refractivity contribution < 1.29 is 37.5 Å². The van der Waals surface area contributed by atoms with Crippen LogP contribution in [0, 0.1) is 0 Å². The van der Waals surface area contributed by atoms with Crippen molar-refractivity contribution in [3.05, 3.63) is 12.2 Å². The summed E-state index contributed by atoms with van der Waals surface area (Å²) in [6.07, 6.45) is 0.496. The molecule has 0 radical (unpaired) electrons. The molecule has 0 bridgehead atoms. The monoisotopic (exact) mass is 211 g/mol. The van der Waals surface area contributed by atoms with Crippen molar-refractivity contribution >= 4 is 5.97 Å². The molecule has 1 aromatic rings. The van der Waals surface area contributed by atoms with E-state index in [1.165, 1.54) is 0 Å². The predicted molar refractivity (Wildman–Crippen MR) is 39.6 cm³/mol. The fraction of sp³-hybridized carbons (Fsp3) is 0.571. The Morgan fingerprint density at radius 3 is 2.73 bits per heavy atom. The molecule has 0 aromatic carbocycles. The number of aromatic nitrogens is 3. The maximum Gasteiger partial charge on any atom is 1.00 e. The number of aryl methyl sites for hydroxylation is 1. The van der Waals surface area contributed by atoms with Gasteiger partial charge in [0.25, 0.3) is 0 Å². The number of nitrogens with zero attached hydrogens (tertiary/aromatic N) is 3. The van der Waals surface area contributed by atoms with Gasteiger partial charge in [0.15, 0.2) is 5.82 Å². The molecule has 15 heavy (non-hydrogen) atoms. The van der Waals surface area contributed by atoms with Crippen molar-refractivity contribution in [2.45, 2.75) is 25.8 Å². The van der Waals surface area contributed by atoms with Gasteiger partial charge in [-0.15, -0.1) is 0 Å². The average Bonchev–Trinajstić information content (AvgIpc) is 2.46. The van der Waals surface area contributed by atoms with Crippen LogP contribution in [0.1, 0.15) is 24.0 Å². The van der Waals surface area contributed by atoms with Gasteiger partial charge in [-0.05, 0) is 6.92 Å². The van der Waals surface area contributed by atoms with Gasteiger partial charge in [0, 0.05) is 13.0 Å². The van der Waals surface area contributed by atoms with Crippen LogP contribution >= 0.6 is 0 Å². The Kier molecular flexibility index (Phi) is 4.91. The molecule has 1 heterocycles. The summed E-state index contributed by atoms with van der Waals surface area (Å²) in [5.74, 6) is -4.81. The third-order valence-corrected chi connectivity index (χ3v) is 1.56. The van der Waals surface area contributed by atoms with E-state index in [1.807, 2.05) is 0 Å². The first kappa shape index (κ1) is 14.1. The van der Waals surface area contributed by atoms with Gasteiger partial charge in [-0.25, -0.2) is 18.4 Å². The second-order valence-corrected chi connectivity index (χ2v) is 2.91. The molecule has 1 aromatic heterocycles. The van der Waals surface area contributed by atoms with Gasteiger partial charge in [-0.3, -0.25) is 0 Å². The Bertz CT molecular complexity index is 337. The number of carboxylic acids is 1. The summed E-state index contributed by atoms with van der Waals surface area (Å²) in [6.45, 7) is 0.551. The Labute approximate surface area is 96.7 Å². The molecule has 0 aliphatic heterocycles. The average molecular weight is 211 g/mol. The van der Waals surface area contributed by atoms with Crippen molar-refractivity contribution in [1.29, 1.82) is 0 Å². The summed E-state index contributed by atoms with van der Waals surface area (Å²) < 4.78 is 25.7. The second kappa shape index (κ2) is 5.23. The van der Waals surface area contributed by atoms with Crippen molar-refractivity contribution in [3.63, 3.8) is 0 Å². The third kappa shape index (κ3) is 4.40. The topological polar surface area (TPSA) is 70.8 Å². The molecule has 0 saturated carbocycles. The van der Waals surface area contributed by atoms with Crippen LogP contribution in [-0.2, 0) is 6.54 Å². The van der Waals surface area contributed by atoms with E-state index in [0.29, 0.717) is 0 Å². The van der Waals surface area contributed by atoms with Gasteiger partial charge in [-0.2, -0.15) is 5.10 Å². The van der Waals surface area contributed by atoms with E-state index in [-0.39, 0.29) is 25.4 Å². The molecular weight excluding hydrogens is 203 g/mol. The zero-order chi connectivity index (χ0) is 10.8. The number of aromatic carboxylic acids is 1. The van der Waals surface area contributed by atoms with Crippen LogP contribution in [0.25, 0.3) is 0 Å². The number of alkyl halides is 2. The van der Waals surface area contributed by atoms with E-state index < -0.39 is 24.1 Å². The Morgan fingerprint density at radius 2 is 2.27 bits per heavy atom. The summed E-state index contributed by atoms with van der Waals surface area (Å²) in [6, 6.07) is 0. The van der Waals surface area contributed by atoms with Crippen LogP contribution in [0.15, 0.2) is 6.33 Å². The number of carbonyl (C=O) groups excluding carboxylic acids is 1. The van der Waals surface area contributed by atoms with Gasteiger partial charge >= 0.3 is 18.9 Å². The van der Waals surface area contributed by atoms with E-state index in [0.717, 1.165) is 17.9 Å². The smallest absolute Gasteiger partial charge is 0.542 e. The molecule has 0 unspecified atom stereocenters. The summed E-state index contributed by atoms with van der Waals surface area (Å²) in [4.78, 5) is 13.7. The van der Waals surface area contributed by atoms with Crippen LogP contribution in [0.3, 0.4) is 0 Å². The Morgan fingerprint density at radius 1 is 1.67 bits per heavy atom. The summed E-state index contributed by atoms with van der Waals surface area (Å²) in [5.41, 5.74) is 0. The van der Waals surface area contributed by atoms with Crippen molar-refractivity contribution in [3.8, 4) is 0 Å². The van der Waals surface area contributed by atoms with E-state index >= 15 is 0 Å². The molecule has 5 nitrogen and oxygen atoms in total. The van der Waals surface area contributed by atoms with E-state index in [2.05, 4.69) is 10.1 Å². The van der Waals surface area contributed by atoms with Crippen LogP contribution in [0.2, 0.25) is 0 Å². The molecule has 0 aliphatic carbocycles. The molecule has 0 N–H and O–H groups in total. The van der Waals surface area contributed by atoms with E-state index in [1.54, 1.807) is 0 Å². The predicted octanol–water partition coefficient (Wildman–Crippen LogP) is -3.31. The largest absolute Gasteiger partial charge is 1.00 e. The van der Waals surface area contributed by atoms with E-state index in [4.69, 9.17) is 0 Å². The molecule has 0 atom stereocenters. The summed E-state index contributed by atoms with van der Waals surface area (Å²) >= 11 is 0. The molecule has 0 amide bonds. The molecular formula is C7H8F2LiN3O2. The standard InChI is InChI=1S/C7H9F2N3O2.Li/c1-7(8,9)2-3-12-5(6(13)14)10-4-11-12;/h4H,2-3H2,1H3,(H,13,14);/q;+1/p-1. The third-order valence-electron chi connectivity index (χ3n) is 1.56. The number of hydrogen-bond donors (Lipinski definition) is 0. The van der Waals surface area contributed by atoms with Gasteiger partial charge in [0.05, 0.1) is 0 Å². The maximum absolute atomic E-state index is 12.4. The maximum atomic E-state index is 12.4. The van der Waals surface area contributed by atoms with Crippen molar-refractivity contribution in [2.24, 2.45) is 0 Å². The molecule has 78 valence electrons. The normalized spacial score (nSPS) is 10.9. The minimum atomic E-state index is -2.85. The van der Waals surface area contributed by atoms with Crippen molar-refractivity contribution in [2.75, 3.05) is 0 Å². The molecule has 8 heteroatoms. The Balaban J connectivity index is 0.00000196. The fourth-order valence-corrected chi connectivity index (χ4v) is 0.888. The summed E-state index contributed by atoms with van der Waals surface area (Å²) in [5, 5.41) is 13.9. The van der Waals surface area contributed by atoms with Crippen molar-refractivity contribution in [1.82, 2.24) is 14.8 Å². The summed E-state index contributed by atoms with van der Waals surface area (Å²) in [7, 11) is 0. The molecule has 0 spiro atoms. The fourth-order valence-electron chi connectivity index (χ4n) is 0.888. The first-order valence-corrected chi connectivity index (χ1v) is 3.87. The minimum Gasteiger partial charge on any atom is -0.542 e. The Hall–Kier alpha value is -0.933. The molecule has 0 fully saturated rings. The first-order chi connectivity index (χ1) is 6.40. The first-order valence-electron chi connectivity index (χ1n) is 3.87. The number of hydrogen-bond acceptors (Lipinski definition) is 4. The number of carbonyl (C=O) groups is 1. The SMILES string of the molecule is CC(F)(F)CCn1ncnc1C(=O)[O-].[Li+]. The van der Waals surface area contributed by atoms with Gasteiger partial charge in [0.2, 0.25) is 5.92 Å². The van der Waals surface area contributed by atoms with Gasteiger partial charge < -0.3 is 9.90 Å². The number of halogens is 2. The van der Waals surface area contributed by atoms with Crippen LogP contribution < -0.4 is 24.0 Å².